The summed E-state index contributed by atoms with van der Waals surface area (Å²) in [5.41, 5.74) is 0.610. The van der Waals surface area contributed by atoms with Crippen molar-refractivity contribution in [2.75, 3.05) is 13.3 Å². The summed E-state index contributed by atoms with van der Waals surface area (Å²) >= 11 is 6.52. The summed E-state index contributed by atoms with van der Waals surface area (Å²) in [6.45, 7) is 4.00. The third-order valence-electron chi connectivity index (χ3n) is 3.63. The molecule has 1 aliphatic rings. The molecule has 24 heavy (non-hydrogen) atoms. The van der Waals surface area contributed by atoms with Gasteiger partial charge >= 0.3 is 0 Å². The lowest BCUT2D eigenvalue weighted by Crippen LogP contribution is -2.23. The molecule has 0 saturated carbocycles. The van der Waals surface area contributed by atoms with Gasteiger partial charge in [-0.25, -0.2) is 0 Å². The number of carbonyl (C=O) groups is 1. The second-order valence-corrected chi connectivity index (χ2v) is 6.70. The van der Waals surface area contributed by atoms with Gasteiger partial charge in [0.2, 0.25) is 6.79 Å². The van der Waals surface area contributed by atoms with Crippen LogP contribution in [0.15, 0.2) is 29.6 Å². The maximum Gasteiger partial charge on any atom is 0.265 e. The number of nitrogens with zero attached hydrogens (tertiary/aromatic N) is 1. The summed E-state index contributed by atoms with van der Waals surface area (Å²) < 4.78 is 12.8. The van der Waals surface area contributed by atoms with Gasteiger partial charge in [-0.3, -0.25) is 14.0 Å². The molecule has 0 fully saturated rings. The smallest absolute Gasteiger partial charge is 0.265 e. The van der Waals surface area contributed by atoms with Crippen LogP contribution in [-0.4, -0.2) is 28.6 Å². The van der Waals surface area contributed by atoms with Gasteiger partial charge in [0, 0.05) is 12.6 Å². The summed E-state index contributed by atoms with van der Waals surface area (Å²) in [6.07, 6.45) is 1.58. The Balaban J connectivity index is 2.04. The Hall–Kier alpha value is -2.65. The third-order valence-corrected chi connectivity index (χ3v) is 5.00. The van der Waals surface area contributed by atoms with E-state index in [1.165, 1.54) is 0 Å². The van der Waals surface area contributed by atoms with Gasteiger partial charge in [-0.1, -0.05) is 17.4 Å². The van der Waals surface area contributed by atoms with Crippen LogP contribution in [0, 0.1) is 3.95 Å². The van der Waals surface area contributed by atoms with E-state index in [0.717, 1.165) is 11.3 Å². The average molecular weight is 361 g/mol. The molecule has 0 spiro atoms. The van der Waals surface area contributed by atoms with Gasteiger partial charge in [0.1, 0.15) is 10.5 Å². The molecule has 0 unspecified atom stereocenters. The van der Waals surface area contributed by atoms with E-state index in [2.05, 4.69) is 16.9 Å². The van der Waals surface area contributed by atoms with Crippen LogP contribution >= 0.6 is 23.6 Å². The number of ether oxygens (including phenoxy) is 2. The van der Waals surface area contributed by atoms with Crippen LogP contribution in [0.25, 0.3) is 16.6 Å². The van der Waals surface area contributed by atoms with Crippen LogP contribution in [0.3, 0.4) is 0 Å². The molecular formula is C15H11N3O4S2. The fourth-order valence-corrected chi connectivity index (χ4v) is 3.88. The van der Waals surface area contributed by atoms with E-state index in [1.807, 2.05) is 0 Å². The van der Waals surface area contributed by atoms with Crippen LogP contribution in [-0.2, 0) is 0 Å². The number of nitrogens with one attached hydrogen (secondary N) is 2. The number of carbonyl (C=O) groups excluding carboxylic acids is 1. The van der Waals surface area contributed by atoms with Gasteiger partial charge in [0.05, 0.1) is 10.9 Å². The minimum Gasteiger partial charge on any atom is -0.454 e. The molecule has 122 valence electrons. The molecule has 3 heterocycles. The highest BCUT2D eigenvalue weighted by molar-refractivity contribution is 7.73. The van der Waals surface area contributed by atoms with Crippen molar-refractivity contribution in [3.05, 3.63) is 44.0 Å². The number of hydrogen-bond donors (Lipinski definition) is 2. The Kier molecular flexibility index (Phi) is 3.39. The number of aromatic nitrogens is 2. The van der Waals surface area contributed by atoms with E-state index in [4.69, 9.17) is 21.7 Å². The molecule has 0 aliphatic carbocycles. The van der Waals surface area contributed by atoms with Crippen molar-refractivity contribution in [1.82, 2.24) is 14.7 Å². The van der Waals surface area contributed by atoms with E-state index in [1.54, 1.807) is 22.6 Å². The van der Waals surface area contributed by atoms with Gasteiger partial charge in [-0.05, 0) is 18.3 Å². The molecule has 2 N–H and O–H groups in total. The number of hydrogen-bond acceptors (Lipinski definition) is 6. The lowest BCUT2D eigenvalue weighted by atomic mass is 10.2. The maximum absolute atomic E-state index is 12.4. The fourth-order valence-electron chi connectivity index (χ4n) is 2.58. The first kappa shape index (κ1) is 14.9. The number of thiazole rings is 1. The van der Waals surface area contributed by atoms with Crippen LogP contribution in [0.1, 0.15) is 9.67 Å². The van der Waals surface area contributed by atoms with E-state index < -0.39 is 0 Å². The molecular weight excluding hydrogens is 350 g/mol. The maximum atomic E-state index is 12.4. The molecule has 7 nitrogen and oxygen atoms in total. The number of fused-ring (bicyclic) bond motifs is 4. The molecule has 0 saturated heterocycles. The molecule has 1 aliphatic heterocycles. The largest absolute Gasteiger partial charge is 0.454 e. The first-order valence-electron chi connectivity index (χ1n) is 7.00. The van der Waals surface area contributed by atoms with Crippen molar-refractivity contribution in [1.29, 1.82) is 0 Å². The standard InChI is InChI=1S/C15H11N3O4S2/c1-2-3-16-14(20)11-12-17-13(19)7-4-9-10(22-6-21-9)5-8(7)18(12)15(23)24-11/h2,4-5H,1,3,6H2,(H,16,20)(H,17,19). The van der Waals surface area contributed by atoms with Crippen molar-refractivity contribution >= 4 is 46.0 Å². The highest BCUT2D eigenvalue weighted by Gasteiger charge is 2.21. The molecule has 2 aromatic heterocycles. The Labute approximate surface area is 144 Å². The van der Waals surface area contributed by atoms with E-state index in [-0.39, 0.29) is 18.3 Å². The van der Waals surface area contributed by atoms with Crippen molar-refractivity contribution < 1.29 is 14.3 Å². The quantitative estimate of drug-likeness (QED) is 0.552. The monoisotopic (exact) mass is 361 g/mol. The van der Waals surface area contributed by atoms with Crippen molar-refractivity contribution in [2.24, 2.45) is 0 Å². The first-order valence-corrected chi connectivity index (χ1v) is 8.23. The van der Waals surface area contributed by atoms with E-state index in [0.29, 0.717) is 43.4 Å². The van der Waals surface area contributed by atoms with Crippen LogP contribution in [0.4, 0.5) is 0 Å². The van der Waals surface area contributed by atoms with Crippen LogP contribution in [0.2, 0.25) is 0 Å². The summed E-state index contributed by atoms with van der Waals surface area (Å²) in [5, 5.41) is 3.11. The molecule has 3 aromatic rings. The van der Waals surface area contributed by atoms with Crippen LogP contribution in [0.5, 0.6) is 11.5 Å². The predicted molar refractivity (Wildman–Crippen MR) is 92.9 cm³/mol. The first-order chi connectivity index (χ1) is 11.6. The van der Waals surface area contributed by atoms with Gasteiger partial charge in [-0.2, -0.15) is 0 Å². The van der Waals surface area contributed by atoms with Crippen LogP contribution < -0.4 is 20.3 Å². The second kappa shape index (κ2) is 5.46. The molecule has 9 heteroatoms. The van der Waals surface area contributed by atoms with E-state index in [9.17, 15) is 9.59 Å². The zero-order valence-electron chi connectivity index (χ0n) is 12.3. The number of amides is 1. The highest BCUT2D eigenvalue weighted by Crippen LogP contribution is 2.35. The second-order valence-electron chi connectivity index (χ2n) is 5.06. The van der Waals surface area contributed by atoms with Crippen molar-refractivity contribution in [2.45, 2.75) is 0 Å². The molecule has 0 radical (unpaired) electrons. The van der Waals surface area contributed by atoms with Gasteiger partial charge in [0.15, 0.2) is 15.5 Å². The number of rotatable bonds is 3. The fraction of sp³-hybridized carbons (Fsp3) is 0.133. The van der Waals surface area contributed by atoms with Gasteiger partial charge in [0.25, 0.3) is 11.5 Å². The number of benzene rings is 1. The van der Waals surface area contributed by atoms with Crippen molar-refractivity contribution in [3.63, 3.8) is 0 Å². The topological polar surface area (TPSA) is 84.8 Å². The lowest BCUT2D eigenvalue weighted by molar-refractivity contribution is 0.0963. The zero-order chi connectivity index (χ0) is 16.8. The minimum absolute atomic E-state index is 0.108. The van der Waals surface area contributed by atoms with Gasteiger partial charge < -0.3 is 19.8 Å². The Morgan fingerprint density at radius 2 is 2.21 bits per heavy atom. The highest BCUT2D eigenvalue weighted by atomic mass is 32.1. The SMILES string of the molecule is C=CCNC(=O)c1sc(=S)n2c1[nH]c(=O)c1cc3c(cc12)OCO3. The van der Waals surface area contributed by atoms with Crippen molar-refractivity contribution in [3.8, 4) is 11.5 Å². The molecule has 4 rings (SSSR count). The third kappa shape index (κ3) is 2.13. The average Bonchev–Trinajstić information content (AvgIpc) is 3.15. The molecule has 1 aromatic carbocycles. The Morgan fingerprint density at radius 3 is 2.96 bits per heavy atom. The minimum atomic E-state index is -0.325. The molecule has 0 bridgehead atoms. The van der Waals surface area contributed by atoms with Gasteiger partial charge in [-0.15, -0.1) is 6.58 Å². The lowest BCUT2D eigenvalue weighted by Gasteiger charge is -2.05. The summed E-state index contributed by atoms with van der Waals surface area (Å²) in [6, 6.07) is 3.32. The predicted octanol–water partition coefficient (Wildman–Crippen LogP) is 2.22. The summed E-state index contributed by atoms with van der Waals surface area (Å²) in [7, 11) is 0. The number of H-pyrrole nitrogens is 1. The Morgan fingerprint density at radius 1 is 1.46 bits per heavy atom. The normalized spacial score (nSPS) is 12.7. The molecule has 1 amide bonds. The summed E-state index contributed by atoms with van der Waals surface area (Å²) in [5.74, 6) is 0.738. The molecule has 0 atom stereocenters. The Bertz CT molecular complexity index is 1130. The zero-order valence-corrected chi connectivity index (χ0v) is 13.9. The van der Waals surface area contributed by atoms with E-state index >= 15 is 0 Å². The summed E-state index contributed by atoms with van der Waals surface area (Å²) in [4.78, 5) is 27.8. The number of aromatic amines is 1.